The van der Waals surface area contributed by atoms with Gasteiger partial charge in [-0.05, 0) is 44.4 Å². The summed E-state index contributed by atoms with van der Waals surface area (Å²) in [5, 5.41) is 0.406. The zero-order chi connectivity index (χ0) is 10.7. The van der Waals surface area contributed by atoms with E-state index in [0.717, 1.165) is 0 Å². The molecule has 1 aromatic heterocycles. The summed E-state index contributed by atoms with van der Waals surface area (Å²) in [5.74, 6) is 0. The summed E-state index contributed by atoms with van der Waals surface area (Å²) in [7, 11) is 1.22. The van der Waals surface area contributed by atoms with Crippen LogP contribution >= 0.6 is 11.3 Å². The average molecular weight is 222 g/mol. The minimum Gasteiger partial charge on any atom is -0.144 e. The summed E-state index contributed by atoms with van der Waals surface area (Å²) < 4.78 is 0. The summed E-state index contributed by atoms with van der Waals surface area (Å²) in [6, 6.07) is 0. The second kappa shape index (κ2) is 2.83. The molecule has 2 rings (SSSR count). The molecule has 0 fully saturated rings. The third-order valence-corrected chi connectivity index (χ3v) is 6.97. The number of rotatable bonds is 0. The lowest BCUT2D eigenvalue weighted by atomic mass is 10.0. The summed E-state index contributed by atoms with van der Waals surface area (Å²) in [4.78, 5) is 3.14. The van der Waals surface area contributed by atoms with Crippen molar-refractivity contribution in [3.8, 4) is 0 Å². The molecule has 1 aromatic rings. The monoisotopic (exact) mass is 222 g/mol. The van der Waals surface area contributed by atoms with Crippen LogP contribution in [-0.2, 0) is 5.04 Å². The van der Waals surface area contributed by atoms with Gasteiger partial charge in [0, 0.05) is 25.0 Å². The van der Waals surface area contributed by atoms with Gasteiger partial charge in [0.2, 0.25) is 0 Å². The largest absolute Gasteiger partial charge is 0.144 e. The van der Waals surface area contributed by atoms with E-state index in [0.29, 0.717) is 5.04 Å². The van der Waals surface area contributed by atoms with Crippen molar-refractivity contribution >= 4 is 27.2 Å². The average Bonchev–Trinajstić information content (AvgIpc) is 2.48. The third-order valence-electron chi connectivity index (χ3n) is 3.83. The Morgan fingerprint density at radius 1 is 1.14 bits per heavy atom. The van der Waals surface area contributed by atoms with Gasteiger partial charge < -0.3 is 0 Å². The van der Waals surface area contributed by atoms with Gasteiger partial charge in [-0.2, -0.15) is 0 Å². The molecule has 0 saturated carbocycles. The fourth-order valence-corrected chi connectivity index (χ4v) is 4.65. The van der Waals surface area contributed by atoms with E-state index >= 15 is 0 Å². The van der Waals surface area contributed by atoms with E-state index in [1.165, 1.54) is 20.7 Å². The van der Waals surface area contributed by atoms with Crippen LogP contribution in [0.1, 0.15) is 41.7 Å². The number of aryl methyl sites for hydroxylation is 1. The standard InChI is InChI=1S/C12H18SSi/c1-6-8(3)12(5,14)11-10(6)7(2)9(4)13-11/h1-5,14H3. The van der Waals surface area contributed by atoms with Crippen molar-refractivity contribution in [2.45, 2.75) is 39.7 Å². The smallest absolute Gasteiger partial charge is 0.0221 e. The van der Waals surface area contributed by atoms with E-state index in [9.17, 15) is 0 Å². The van der Waals surface area contributed by atoms with Gasteiger partial charge in [-0.1, -0.05) is 12.5 Å². The van der Waals surface area contributed by atoms with E-state index in [4.69, 9.17) is 0 Å². The number of hydrogen-bond acceptors (Lipinski definition) is 1. The Morgan fingerprint density at radius 2 is 1.71 bits per heavy atom. The molecule has 0 N–H and O–H groups in total. The quantitative estimate of drug-likeness (QED) is 0.592. The molecular weight excluding hydrogens is 204 g/mol. The van der Waals surface area contributed by atoms with Gasteiger partial charge in [0.05, 0.1) is 0 Å². The molecule has 0 bridgehead atoms. The van der Waals surface area contributed by atoms with E-state index in [1.807, 2.05) is 11.3 Å². The molecule has 0 aromatic carbocycles. The van der Waals surface area contributed by atoms with Crippen LogP contribution in [0.3, 0.4) is 0 Å². The Hall–Kier alpha value is -0.343. The van der Waals surface area contributed by atoms with Crippen LogP contribution in [0.2, 0.25) is 0 Å². The summed E-state index contributed by atoms with van der Waals surface area (Å²) in [6.45, 7) is 11.5. The van der Waals surface area contributed by atoms with Crippen LogP contribution < -0.4 is 0 Å². The molecule has 1 unspecified atom stereocenters. The van der Waals surface area contributed by atoms with E-state index in [1.54, 1.807) is 21.6 Å². The molecule has 0 spiro atoms. The molecule has 1 aliphatic carbocycles. The topological polar surface area (TPSA) is 0 Å². The highest BCUT2D eigenvalue weighted by molar-refractivity contribution is 7.13. The molecule has 0 radical (unpaired) electrons. The maximum absolute atomic E-state index is 2.40. The molecule has 1 aliphatic rings. The number of hydrogen-bond donors (Lipinski definition) is 0. The lowest BCUT2D eigenvalue weighted by Crippen LogP contribution is -2.19. The predicted molar refractivity (Wildman–Crippen MR) is 69.4 cm³/mol. The summed E-state index contributed by atoms with van der Waals surface area (Å²) in [6.07, 6.45) is 0. The molecule has 2 heteroatoms. The first-order valence-electron chi connectivity index (χ1n) is 5.16. The maximum atomic E-state index is 2.40. The number of allylic oxidation sites excluding steroid dienone is 2. The van der Waals surface area contributed by atoms with E-state index in [2.05, 4.69) is 34.6 Å². The van der Waals surface area contributed by atoms with Gasteiger partial charge >= 0.3 is 0 Å². The van der Waals surface area contributed by atoms with Crippen molar-refractivity contribution in [1.82, 2.24) is 0 Å². The van der Waals surface area contributed by atoms with Crippen molar-refractivity contribution in [3.05, 3.63) is 26.5 Å². The van der Waals surface area contributed by atoms with E-state index < -0.39 is 0 Å². The SMILES string of the molecule is CC1=C(C)C(C)([SiH3])c2sc(C)c(C)c21. The molecule has 0 aliphatic heterocycles. The molecule has 0 saturated heterocycles. The highest BCUT2D eigenvalue weighted by atomic mass is 32.1. The summed E-state index contributed by atoms with van der Waals surface area (Å²) in [5.41, 5.74) is 6.23. The third kappa shape index (κ3) is 1.04. The highest BCUT2D eigenvalue weighted by Gasteiger charge is 2.36. The van der Waals surface area contributed by atoms with Gasteiger partial charge in [-0.25, -0.2) is 0 Å². The lowest BCUT2D eigenvalue weighted by Gasteiger charge is -2.20. The molecule has 14 heavy (non-hydrogen) atoms. The van der Waals surface area contributed by atoms with Crippen molar-refractivity contribution in [2.24, 2.45) is 0 Å². The van der Waals surface area contributed by atoms with Crippen LogP contribution in [0.5, 0.6) is 0 Å². The van der Waals surface area contributed by atoms with Crippen molar-refractivity contribution < 1.29 is 0 Å². The van der Waals surface area contributed by atoms with Gasteiger partial charge in [0.15, 0.2) is 0 Å². The highest BCUT2D eigenvalue weighted by Crippen LogP contribution is 2.49. The molecule has 76 valence electrons. The van der Waals surface area contributed by atoms with Crippen LogP contribution in [-0.4, -0.2) is 10.2 Å². The van der Waals surface area contributed by atoms with Crippen LogP contribution in [0.15, 0.2) is 5.57 Å². The van der Waals surface area contributed by atoms with Gasteiger partial charge in [0.25, 0.3) is 0 Å². The predicted octanol–water partition coefficient (Wildman–Crippen LogP) is 2.75. The first-order valence-corrected chi connectivity index (χ1v) is 6.97. The Labute approximate surface area is 93.5 Å². The van der Waals surface area contributed by atoms with Crippen molar-refractivity contribution in [1.29, 1.82) is 0 Å². The number of fused-ring (bicyclic) bond motifs is 1. The Morgan fingerprint density at radius 3 is 2.21 bits per heavy atom. The Balaban J connectivity index is 2.79. The zero-order valence-corrected chi connectivity index (χ0v) is 12.7. The lowest BCUT2D eigenvalue weighted by molar-refractivity contribution is 0.837. The first kappa shape index (κ1) is 10.2. The molecule has 0 amide bonds. The normalized spacial score (nSPS) is 26.1. The van der Waals surface area contributed by atoms with Crippen LogP contribution in [0.4, 0.5) is 0 Å². The van der Waals surface area contributed by atoms with Crippen molar-refractivity contribution in [2.75, 3.05) is 0 Å². The fourth-order valence-electron chi connectivity index (χ4n) is 2.35. The van der Waals surface area contributed by atoms with Gasteiger partial charge in [-0.3, -0.25) is 0 Å². The molecule has 1 atom stereocenters. The minimum atomic E-state index is 0.406. The second-order valence-electron chi connectivity index (χ2n) is 4.86. The van der Waals surface area contributed by atoms with Crippen LogP contribution in [0, 0.1) is 13.8 Å². The molecule has 0 nitrogen and oxygen atoms in total. The zero-order valence-electron chi connectivity index (χ0n) is 9.91. The second-order valence-corrected chi connectivity index (χ2v) is 8.09. The molecule has 1 heterocycles. The number of thiophene rings is 1. The first-order chi connectivity index (χ1) is 6.37. The molecular formula is C12H18SSi. The van der Waals surface area contributed by atoms with Gasteiger partial charge in [0.1, 0.15) is 0 Å². The van der Waals surface area contributed by atoms with Gasteiger partial charge in [-0.15, -0.1) is 11.3 Å². The Bertz CT molecular complexity index is 435. The fraction of sp³-hybridized carbons (Fsp3) is 0.500. The van der Waals surface area contributed by atoms with Crippen LogP contribution in [0.25, 0.3) is 5.57 Å². The maximum Gasteiger partial charge on any atom is 0.0221 e. The summed E-state index contributed by atoms with van der Waals surface area (Å²) >= 11 is 2.01. The Kier molecular flexibility index (Phi) is 2.06. The van der Waals surface area contributed by atoms with E-state index in [-0.39, 0.29) is 0 Å². The van der Waals surface area contributed by atoms with Crippen molar-refractivity contribution in [3.63, 3.8) is 0 Å². The minimum absolute atomic E-state index is 0.406.